The molecule has 0 aliphatic carbocycles. The van der Waals surface area contributed by atoms with Gasteiger partial charge in [-0.3, -0.25) is 10.2 Å². The molecule has 0 radical (unpaired) electrons. The van der Waals surface area contributed by atoms with Gasteiger partial charge in [0.2, 0.25) is 0 Å². The Bertz CT molecular complexity index is 817. The van der Waals surface area contributed by atoms with Crippen LogP contribution in [0.15, 0.2) is 23.6 Å². The third-order valence-electron chi connectivity index (χ3n) is 4.13. The summed E-state index contributed by atoms with van der Waals surface area (Å²) < 4.78 is 0. The molecule has 5 nitrogen and oxygen atoms in total. The Labute approximate surface area is 159 Å². The standard InChI is InChI=1S/C20H26N4OS/c1-6-7-8-16-11-17(10-9-15(16)4)21-19(25)23-20-22-18(13-26-20)12-24(5)14(2)3/h9-11,13-14H,8,12H2,1-5H3,(H2,21,22,23,25). The molecule has 0 bridgehead atoms. The number of carbonyl (C=O) groups excluding carboxylic acids is 1. The summed E-state index contributed by atoms with van der Waals surface area (Å²) in [4.78, 5) is 18.9. The summed E-state index contributed by atoms with van der Waals surface area (Å²) in [7, 11) is 2.06. The van der Waals surface area contributed by atoms with Gasteiger partial charge >= 0.3 is 6.03 Å². The second-order valence-corrected chi connectivity index (χ2v) is 7.33. The number of hydrogen-bond donors (Lipinski definition) is 2. The van der Waals surface area contributed by atoms with Gasteiger partial charge < -0.3 is 5.32 Å². The van der Waals surface area contributed by atoms with Crippen molar-refractivity contribution in [2.45, 2.75) is 46.7 Å². The van der Waals surface area contributed by atoms with Crippen molar-refractivity contribution in [1.82, 2.24) is 9.88 Å². The number of thiazole rings is 1. The van der Waals surface area contributed by atoms with Crippen LogP contribution in [0.1, 0.15) is 37.6 Å². The zero-order chi connectivity index (χ0) is 19.1. The molecule has 1 heterocycles. The van der Waals surface area contributed by atoms with Gasteiger partial charge in [0.1, 0.15) is 0 Å². The van der Waals surface area contributed by atoms with Crippen LogP contribution >= 0.6 is 11.3 Å². The monoisotopic (exact) mass is 370 g/mol. The van der Waals surface area contributed by atoms with Gasteiger partial charge in [0, 0.05) is 30.1 Å². The van der Waals surface area contributed by atoms with E-state index in [0.717, 1.165) is 29.1 Å². The van der Waals surface area contributed by atoms with E-state index >= 15 is 0 Å². The van der Waals surface area contributed by atoms with Crippen molar-refractivity contribution < 1.29 is 4.79 Å². The van der Waals surface area contributed by atoms with Crippen LogP contribution < -0.4 is 10.6 Å². The summed E-state index contributed by atoms with van der Waals surface area (Å²) >= 11 is 1.43. The molecule has 0 atom stereocenters. The van der Waals surface area contributed by atoms with Gasteiger partial charge in [0.15, 0.2) is 5.13 Å². The highest BCUT2D eigenvalue weighted by molar-refractivity contribution is 7.13. The van der Waals surface area contributed by atoms with Crippen LogP contribution in [0.5, 0.6) is 0 Å². The number of nitrogens with one attached hydrogen (secondary N) is 2. The molecule has 0 aliphatic heterocycles. The first kappa shape index (κ1) is 20.0. The zero-order valence-corrected chi connectivity index (χ0v) is 16.8. The van der Waals surface area contributed by atoms with E-state index in [1.54, 1.807) is 0 Å². The summed E-state index contributed by atoms with van der Waals surface area (Å²) in [6.45, 7) is 8.91. The average molecular weight is 371 g/mol. The highest BCUT2D eigenvalue weighted by atomic mass is 32.1. The molecule has 2 N–H and O–H groups in total. The summed E-state index contributed by atoms with van der Waals surface area (Å²) in [5.41, 5.74) is 3.98. The molecule has 0 aliphatic rings. The molecule has 2 amide bonds. The third kappa shape index (κ3) is 5.87. The van der Waals surface area contributed by atoms with Crippen molar-refractivity contribution in [3.8, 4) is 11.8 Å². The van der Waals surface area contributed by atoms with E-state index in [9.17, 15) is 4.79 Å². The summed E-state index contributed by atoms with van der Waals surface area (Å²) in [6, 6.07) is 6.00. The van der Waals surface area contributed by atoms with Crippen LogP contribution in [0.25, 0.3) is 0 Å². The van der Waals surface area contributed by atoms with E-state index in [2.05, 4.69) is 53.3 Å². The Morgan fingerprint density at radius 1 is 1.35 bits per heavy atom. The predicted molar refractivity (Wildman–Crippen MR) is 110 cm³/mol. The summed E-state index contributed by atoms with van der Waals surface area (Å²) in [5.74, 6) is 5.96. The molecular formula is C20H26N4OS. The number of amides is 2. The maximum Gasteiger partial charge on any atom is 0.325 e. The highest BCUT2D eigenvalue weighted by Crippen LogP contribution is 2.19. The van der Waals surface area contributed by atoms with Gasteiger partial charge in [-0.25, -0.2) is 9.78 Å². The van der Waals surface area contributed by atoms with Crippen LogP contribution in [-0.4, -0.2) is 29.0 Å². The first-order valence-corrected chi connectivity index (χ1v) is 9.48. The number of aromatic nitrogens is 1. The topological polar surface area (TPSA) is 57.3 Å². The molecule has 0 saturated heterocycles. The number of anilines is 2. The molecule has 6 heteroatoms. The minimum absolute atomic E-state index is 0.292. The fourth-order valence-corrected chi connectivity index (χ4v) is 2.95. The van der Waals surface area contributed by atoms with Gasteiger partial charge in [0.05, 0.1) is 5.69 Å². The van der Waals surface area contributed by atoms with Crippen molar-refractivity contribution >= 4 is 28.2 Å². The van der Waals surface area contributed by atoms with Crippen LogP contribution in [-0.2, 0) is 13.0 Å². The van der Waals surface area contributed by atoms with Crippen LogP contribution in [0.3, 0.4) is 0 Å². The predicted octanol–water partition coefficient (Wildman–Crippen LogP) is 4.50. The Hall–Kier alpha value is -2.36. The lowest BCUT2D eigenvalue weighted by atomic mass is 10.1. The molecule has 138 valence electrons. The second kappa shape index (κ2) is 9.37. The molecule has 26 heavy (non-hydrogen) atoms. The minimum atomic E-state index is -0.292. The van der Waals surface area contributed by atoms with Crippen molar-refractivity contribution in [2.75, 3.05) is 17.7 Å². The fourth-order valence-electron chi connectivity index (χ4n) is 2.26. The normalized spacial score (nSPS) is 10.6. The Morgan fingerprint density at radius 3 is 2.81 bits per heavy atom. The van der Waals surface area contributed by atoms with Crippen LogP contribution in [0.4, 0.5) is 15.6 Å². The molecule has 2 rings (SSSR count). The zero-order valence-electron chi connectivity index (χ0n) is 16.0. The van der Waals surface area contributed by atoms with Gasteiger partial charge in [-0.15, -0.1) is 17.3 Å². The Morgan fingerprint density at radius 2 is 2.12 bits per heavy atom. The molecule has 0 fully saturated rings. The van der Waals surface area contributed by atoms with E-state index in [-0.39, 0.29) is 6.03 Å². The average Bonchev–Trinajstić information content (AvgIpc) is 3.01. The van der Waals surface area contributed by atoms with E-state index in [4.69, 9.17) is 0 Å². The smallest absolute Gasteiger partial charge is 0.308 e. The number of benzene rings is 1. The molecule has 0 saturated carbocycles. The van der Waals surface area contributed by atoms with Gasteiger partial charge in [-0.05, 0) is 58.0 Å². The van der Waals surface area contributed by atoms with Gasteiger partial charge in [-0.2, -0.15) is 0 Å². The number of aryl methyl sites for hydroxylation is 1. The number of carbonyl (C=O) groups is 1. The first-order chi connectivity index (χ1) is 12.4. The van der Waals surface area contributed by atoms with E-state index in [0.29, 0.717) is 17.6 Å². The summed E-state index contributed by atoms with van der Waals surface area (Å²) in [5, 5.41) is 8.23. The van der Waals surface area contributed by atoms with Crippen molar-refractivity contribution in [1.29, 1.82) is 0 Å². The van der Waals surface area contributed by atoms with Gasteiger partial charge in [0.25, 0.3) is 0 Å². The number of nitrogens with zero attached hydrogens (tertiary/aromatic N) is 2. The molecule has 1 aromatic heterocycles. The number of hydrogen-bond acceptors (Lipinski definition) is 4. The third-order valence-corrected chi connectivity index (χ3v) is 4.93. The number of rotatable bonds is 6. The first-order valence-electron chi connectivity index (χ1n) is 8.60. The van der Waals surface area contributed by atoms with E-state index in [1.807, 2.05) is 37.4 Å². The highest BCUT2D eigenvalue weighted by Gasteiger charge is 2.10. The molecule has 0 spiro atoms. The fraction of sp³-hybridized carbons (Fsp3) is 0.400. The maximum absolute atomic E-state index is 12.2. The Kier molecular flexibility index (Phi) is 7.19. The van der Waals surface area contributed by atoms with E-state index in [1.165, 1.54) is 11.3 Å². The van der Waals surface area contributed by atoms with Crippen LogP contribution in [0.2, 0.25) is 0 Å². The molecular weight excluding hydrogens is 344 g/mol. The van der Waals surface area contributed by atoms with E-state index < -0.39 is 0 Å². The lowest BCUT2D eigenvalue weighted by Crippen LogP contribution is -2.25. The number of urea groups is 1. The second-order valence-electron chi connectivity index (χ2n) is 6.48. The Balaban J connectivity index is 1.96. The van der Waals surface area contributed by atoms with Crippen molar-refractivity contribution in [3.63, 3.8) is 0 Å². The molecule has 0 unspecified atom stereocenters. The minimum Gasteiger partial charge on any atom is -0.308 e. The summed E-state index contributed by atoms with van der Waals surface area (Å²) in [6.07, 6.45) is 0.679. The van der Waals surface area contributed by atoms with Gasteiger partial charge in [-0.1, -0.05) is 12.0 Å². The lowest BCUT2D eigenvalue weighted by molar-refractivity contribution is 0.261. The van der Waals surface area contributed by atoms with Crippen molar-refractivity contribution in [3.05, 3.63) is 40.4 Å². The van der Waals surface area contributed by atoms with Crippen LogP contribution in [0, 0.1) is 18.8 Å². The maximum atomic E-state index is 12.2. The SMILES string of the molecule is CC#CCc1cc(NC(=O)Nc2nc(CN(C)C(C)C)cs2)ccc1C. The molecule has 1 aromatic carbocycles. The largest absolute Gasteiger partial charge is 0.325 e. The molecule has 2 aromatic rings. The quantitative estimate of drug-likeness (QED) is 0.736. The lowest BCUT2D eigenvalue weighted by Gasteiger charge is -2.19. The van der Waals surface area contributed by atoms with Crippen molar-refractivity contribution in [2.24, 2.45) is 0 Å².